The number of hydrogen-bond acceptors (Lipinski definition) is 3. The minimum atomic E-state index is 0.299. The van der Waals surface area contributed by atoms with E-state index < -0.39 is 0 Å². The molecule has 0 aromatic heterocycles. The van der Waals surface area contributed by atoms with Crippen LogP contribution in [0.15, 0.2) is 46.2 Å². The molecule has 0 saturated carbocycles. The first-order chi connectivity index (χ1) is 10.5. The molecule has 0 spiro atoms. The molecule has 2 aromatic rings. The fourth-order valence-corrected chi connectivity index (χ4v) is 3.89. The molecule has 0 fully saturated rings. The lowest BCUT2D eigenvalue weighted by atomic mass is 10.2. The predicted molar refractivity (Wildman–Crippen MR) is 93.0 cm³/mol. The number of phenolic OH excluding ortho intramolecular Hbond substituents is 1. The summed E-state index contributed by atoms with van der Waals surface area (Å²) in [6.45, 7) is 2.02. The van der Waals surface area contributed by atoms with Crippen molar-refractivity contribution in [2.45, 2.75) is 16.2 Å². The number of quaternary nitrogens is 1. The third-order valence-corrected chi connectivity index (χ3v) is 5.09. The van der Waals surface area contributed by atoms with E-state index >= 15 is 0 Å². The number of fused-ring (bicyclic) bond motifs is 2. The van der Waals surface area contributed by atoms with Gasteiger partial charge in [-0.05, 0) is 30.3 Å². The summed E-state index contributed by atoms with van der Waals surface area (Å²) in [6, 6.07) is 11.6. The largest absolute Gasteiger partial charge is 0.508 e. The van der Waals surface area contributed by atoms with Gasteiger partial charge in [-0.2, -0.15) is 0 Å². The molecule has 5 heteroatoms. The standard InChI is InChI=1S/C17H19ClN2OS/c1-19(2)8-3-9-20-14-10-12(18)4-6-16(14)22-17-7-5-13(21)11-15(17)20/h4-7,10-11,21H,3,8-9H2,1-2H3/p+1. The van der Waals surface area contributed by atoms with Crippen molar-refractivity contribution in [3.05, 3.63) is 41.4 Å². The Morgan fingerprint density at radius 1 is 1.09 bits per heavy atom. The van der Waals surface area contributed by atoms with Gasteiger partial charge >= 0.3 is 0 Å². The molecule has 0 unspecified atom stereocenters. The SMILES string of the molecule is C[NH+](C)CCCN1c2cc(O)ccc2Sc2ccc(Cl)cc21. The van der Waals surface area contributed by atoms with Crippen LogP contribution in [0.2, 0.25) is 5.02 Å². The summed E-state index contributed by atoms with van der Waals surface area (Å²) in [5.41, 5.74) is 2.19. The quantitative estimate of drug-likeness (QED) is 0.898. The highest BCUT2D eigenvalue weighted by atomic mass is 35.5. The maximum atomic E-state index is 9.86. The maximum Gasteiger partial charge on any atom is 0.117 e. The first-order valence-electron chi connectivity index (χ1n) is 7.41. The fourth-order valence-electron chi connectivity index (χ4n) is 2.67. The number of halogens is 1. The molecule has 0 saturated heterocycles. The van der Waals surface area contributed by atoms with Crippen molar-refractivity contribution in [1.82, 2.24) is 0 Å². The molecule has 22 heavy (non-hydrogen) atoms. The van der Waals surface area contributed by atoms with Crippen molar-refractivity contribution < 1.29 is 10.0 Å². The van der Waals surface area contributed by atoms with Crippen LogP contribution in [0.5, 0.6) is 5.75 Å². The van der Waals surface area contributed by atoms with Gasteiger partial charge in [-0.3, -0.25) is 0 Å². The highest BCUT2D eigenvalue weighted by Crippen LogP contribution is 2.49. The summed E-state index contributed by atoms with van der Waals surface area (Å²) in [5, 5.41) is 10.6. The van der Waals surface area contributed by atoms with Gasteiger partial charge in [0.05, 0.1) is 32.0 Å². The lowest BCUT2D eigenvalue weighted by Gasteiger charge is -2.33. The molecule has 1 aliphatic rings. The minimum Gasteiger partial charge on any atom is -0.508 e. The third-order valence-electron chi connectivity index (χ3n) is 3.72. The Morgan fingerprint density at radius 3 is 2.50 bits per heavy atom. The molecule has 0 amide bonds. The highest BCUT2D eigenvalue weighted by Gasteiger charge is 2.24. The zero-order valence-electron chi connectivity index (χ0n) is 12.8. The van der Waals surface area contributed by atoms with E-state index in [1.54, 1.807) is 17.8 Å². The number of hydrogen-bond donors (Lipinski definition) is 2. The zero-order chi connectivity index (χ0) is 15.7. The second-order valence-electron chi connectivity index (χ2n) is 5.83. The summed E-state index contributed by atoms with van der Waals surface area (Å²) < 4.78 is 0. The molecular formula is C17H20ClN2OS+. The normalized spacial score (nSPS) is 13.2. The van der Waals surface area contributed by atoms with Crippen LogP contribution in [0.1, 0.15) is 6.42 Å². The molecule has 0 radical (unpaired) electrons. The van der Waals surface area contributed by atoms with Crippen LogP contribution < -0.4 is 9.80 Å². The van der Waals surface area contributed by atoms with E-state index in [-0.39, 0.29) is 0 Å². The monoisotopic (exact) mass is 335 g/mol. The van der Waals surface area contributed by atoms with Gasteiger partial charge in [-0.25, -0.2) is 0 Å². The zero-order valence-corrected chi connectivity index (χ0v) is 14.3. The van der Waals surface area contributed by atoms with E-state index in [0.29, 0.717) is 5.75 Å². The number of nitrogens with zero attached hydrogens (tertiary/aromatic N) is 1. The summed E-state index contributed by atoms with van der Waals surface area (Å²) in [5.74, 6) is 0.299. The van der Waals surface area contributed by atoms with Crippen LogP contribution in [-0.2, 0) is 0 Å². The first kappa shape index (κ1) is 15.5. The predicted octanol–water partition coefficient (Wildman–Crippen LogP) is 3.18. The van der Waals surface area contributed by atoms with Gasteiger partial charge in [0.25, 0.3) is 0 Å². The molecule has 3 nitrogen and oxygen atoms in total. The Kier molecular flexibility index (Phi) is 4.52. The summed E-state index contributed by atoms with van der Waals surface area (Å²) in [6.07, 6.45) is 1.08. The van der Waals surface area contributed by atoms with Crippen LogP contribution in [0.3, 0.4) is 0 Å². The summed E-state index contributed by atoms with van der Waals surface area (Å²) in [4.78, 5) is 6.09. The molecule has 0 aliphatic carbocycles. The number of nitrogens with one attached hydrogen (secondary N) is 1. The average Bonchev–Trinajstić information content (AvgIpc) is 2.47. The van der Waals surface area contributed by atoms with Crippen molar-refractivity contribution in [1.29, 1.82) is 0 Å². The molecule has 2 N–H and O–H groups in total. The van der Waals surface area contributed by atoms with Crippen LogP contribution in [0.4, 0.5) is 11.4 Å². The Hall–Kier alpha value is -1.36. The molecule has 116 valence electrons. The van der Waals surface area contributed by atoms with Gasteiger partial charge in [-0.15, -0.1) is 0 Å². The van der Waals surface area contributed by atoms with Crippen LogP contribution >= 0.6 is 23.4 Å². The maximum absolute atomic E-state index is 9.86. The van der Waals surface area contributed by atoms with E-state index in [2.05, 4.69) is 25.1 Å². The minimum absolute atomic E-state index is 0.299. The van der Waals surface area contributed by atoms with E-state index in [1.165, 1.54) is 14.7 Å². The van der Waals surface area contributed by atoms with E-state index in [0.717, 1.165) is 35.9 Å². The van der Waals surface area contributed by atoms with Gasteiger partial charge in [0, 0.05) is 33.8 Å². The molecule has 3 rings (SSSR count). The summed E-state index contributed by atoms with van der Waals surface area (Å²) >= 11 is 7.92. The molecule has 1 heterocycles. The third kappa shape index (κ3) is 3.19. The Bertz CT molecular complexity index is 639. The van der Waals surface area contributed by atoms with Crippen molar-refractivity contribution in [2.75, 3.05) is 32.1 Å². The van der Waals surface area contributed by atoms with Gasteiger partial charge in [0.2, 0.25) is 0 Å². The molecule has 0 bridgehead atoms. The second kappa shape index (κ2) is 6.41. The fraction of sp³-hybridized carbons (Fsp3) is 0.294. The van der Waals surface area contributed by atoms with Crippen molar-refractivity contribution in [3.8, 4) is 5.75 Å². The van der Waals surface area contributed by atoms with Crippen molar-refractivity contribution in [2.24, 2.45) is 0 Å². The van der Waals surface area contributed by atoms with Crippen molar-refractivity contribution in [3.63, 3.8) is 0 Å². The Balaban J connectivity index is 1.98. The lowest BCUT2D eigenvalue weighted by Crippen LogP contribution is -3.05. The number of anilines is 2. The van der Waals surface area contributed by atoms with Crippen LogP contribution in [-0.4, -0.2) is 32.3 Å². The molecule has 2 aromatic carbocycles. The number of rotatable bonds is 4. The number of aromatic hydroxyl groups is 1. The van der Waals surface area contributed by atoms with E-state index in [4.69, 9.17) is 11.6 Å². The van der Waals surface area contributed by atoms with Crippen molar-refractivity contribution >= 4 is 34.7 Å². The first-order valence-corrected chi connectivity index (χ1v) is 8.61. The Morgan fingerprint density at radius 2 is 1.77 bits per heavy atom. The topological polar surface area (TPSA) is 27.9 Å². The van der Waals surface area contributed by atoms with Crippen LogP contribution in [0.25, 0.3) is 0 Å². The molecule has 1 aliphatic heterocycles. The van der Waals surface area contributed by atoms with Crippen LogP contribution in [0, 0.1) is 0 Å². The number of benzene rings is 2. The second-order valence-corrected chi connectivity index (χ2v) is 7.35. The average molecular weight is 336 g/mol. The number of phenols is 1. The van der Waals surface area contributed by atoms with Gasteiger partial charge < -0.3 is 14.9 Å². The Labute approximate surface area is 140 Å². The van der Waals surface area contributed by atoms with Gasteiger partial charge in [0.1, 0.15) is 5.75 Å². The molecular weight excluding hydrogens is 316 g/mol. The van der Waals surface area contributed by atoms with E-state index in [9.17, 15) is 5.11 Å². The van der Waals surface area contributed by atoms with Gasteiger partial charge in [-0.1, -0.05) is 23.4 Å². The smallest absolute Gasteiger partial charge is 0.117 e. The highest BCUT2D eigenvalue weighted by molar-refractivity contribution is 7.99. The lowest BCUT2D eigenvalue weighted by molar-refractivity contribution is -0.858. The van der Waals surface area contributed by atoms with Gasteiger partial charge in [0.15, 0.2) is 0 Å². The van der Waals surface area contributed by atoms with E-state index in [1.807, 2.05) is 24.3 Å². The summed E-state index contributed by atoms with van der Waals surface area (Å²) in [7, 11) is 4.33. The molecule has 0 atom stereocenters.